The zero-order valence-electron chi connectivity index (χ0n) is 39.0. The van der Waals surface area contributed by atoms with Gasteiger partial charge in [-0.1, -0.05) is 200 Å². The quantitative estimate of drug-likeness (QED) is 0.135. The molecule has 3 nitrogen and oxygen atoms in total. The van der Waals surface area contributed by atoms with E-state index in [2.05, 4.69) is 299 Å². The van der Waals surface area contributed by atoms with Crippen molar-refractivity contribution >= 4 is 77.5 Å². The Labute approximate surface area is 414 Å². The van der Waals surface area contributed by atoms with E-state index in [1.807, 2.05) is 0 Å². The Kier molecular flexibility index (Phi) is 10.5. The minimum atomic E-state index is 1.04. The van der Waals surface area contributed by atoms with E-state index in [4.69, 9.17) is 0 Å². The van der Waals surface area contributed by atoms with Crippen molar-refractivity contribution in [1.29, 1.82) is 0 Å². The number of nitrogens with zero attached hydrogens (tertiary/aromatic N) is 3. The summed E-state index contributed by atoms with van der Waals surface area (Å²) in [5.74, 6) is 0. The topological polar surface area (TPSA) is 11.4 Å². The summed E-state index contributed by atoms with van der Waals surface area (Å²) in [4.78, 5) is 4.90. The maximum absolute atomic E-state index is 2.45. The molecular formula is C68H47N3. The van der Waals surface area contributed by atoms with E-state index in [0.29, 0.717) is 0 Å². The first-order valence-corrected chi connectivity index (χ1v) is 24.3. The number of anilines is 6. The van der Waals surface area contributed by atoms with Crippen molar-refractivity contribution in [2.45, 2.75) is 0 Å². The minimum Gasteiger partial charge on any atom is -0.310 e. The van der Waals surface area contributed by atoms with Crippen LogP contribution in [0.2, 0.25) is 0 Å². The van der Waals surface area contributed by atoms with Gasteiger partial charge >= 0.3 is 0 Å². The third kappa shape index (κ3) is 7.49. The van der Waals surface area contributed by atoms with Crippen molar-refractivity contribution in [2.24, 2.45) is 0 Å². The predicted molar refractivity (Wildman–Crippen MR) is 301 cm³/mol. The molecule has 0 saturated carbocycles. The standard InChI is InChI=1S/C68H47N3/c1-6-22-48(23-7-1)57-39-42-66(61-34-18-16-32-59(57)61)69(52-26-10-3-11-27-52)55-44-51(50-38-41-68-64(46-50)63-36-20-21-37-65(63)71(68)54-30-14-5-15-31-54)45-56(47-55)70(53-28-12-4-13-29-53)67-43-40-58(49-24-8-2-9-25-49)60-33-17-19-35-62(60)67/h1-47H. The van der Waals surface area contributed by atoms with Crippen LogP contribution in [-0.2, 0) is 0 Å². The highest BCUT2D eigenvalue weighted by molar-refractivity contribution is 6.12. The second-order valence-corrected chi connectivity index (χ2v) is 18.1. The molecule has 13 rings (SSSR count). The van der Waals surface area contributed by atoms with Gasteiger partial charge < -0.3 is 14.4 Å². The smallest absolute Gasteiger partial charge is 0.0541 e. The van der Waals surface area contributed by atoms with Crippen LogP contribution >= 0.6 is 0 Å². The van der Waals surface area contributed by atoms with Crippen LogP contribution < -0.4 is 9.80 Å². The van der Waals surface area contributed by atoms with Crippen molar-refractivity contribution < 1.29 is 0 Å². The predicted octanol–water partition coefficient (Wildman–Crippen LogP) is 19.0. The average Bonchev–Trinajstić information content (AvgIpc) is 3.78. The summed E-state index contributed by atoms with van der Waals surface area (Å²) < 4.78 is 2.39. The van der Waals surface area contributed by atoms with E-state index >= 15 is 0 Å². The van der Waals surface area contributed by atoms with Crippen LogP contribution in [0.25, 0.3) is 82.4 Å². The summed E-state index contributed by atoms with van der Waals surface area (Å²) in [5.41, 5.74) is 16.9. The molecule has 334 valence electrons. The maximum atomic E-state index is 2.45. The Bertz CT molecular complexity index is 3850. The highest BCUT2D eigenvalue weighted by Gasteiger charge is 2.24. The van der Waals surface area contributed by atoms with Gasteiger partial charge in [0.2, 0.25) is 0 Å². The Morgan fingerprint density at radius 3 is 1.14 bits per heavy atom. The number of fused-ring (bicyclic) bond motifs is 5. The molecule has 0 amide bonds. The summed E-state index contributed by atoms with van der Waals surface area (Å²) >= 11 is 0. The molecule has 0 radical (unpaired) electrons. The molecule has 1 aromatic heterocycles. The molecule has 1 heterocycles. The average molecular weight is 906 g/mol. The fourth-order valence-corrected chi connectivity index (χ4v) is 10.7. The molecule has 0 atom stereocenters. The number of para-hydroxylation sites is 4. The Balaban J connectivity index is 1.09. The highest BCUT2D eigenvalue weighted by Crippen LogP contribution is 2.48. The normalized spacial score (nSPS) is 11.4. The summed E-state index contributed by atoms with van der Waals surface area (Å²) in [5, 5.41) is 7.16. The zero-order valence-corrected chi connectivity index (χ0v) is 39.0. The van der Waals surface area contributed by atoms with Gasteiger partial charge in [0.25, 0.3) is 0 Å². The lowest BCUT2D eigenvalue weighted by atomic mass is 9.95. The van der Waals surface area contributed by atoms with E-state index < -0.39 is 0 Å². The Hall–Kier alpha value is -9.44. The van der Waals surface area contributed by atoms with Crippen molar-refractivity contribution in [3.05, 3.63) is 285 Å². The molecule has 0 aliphatic rings. The van der Waals surface area contributed by atoms with Gasteiger partial charge in [0.15, 0.2) is 0 Å². The van der Waals surface area contributed by atoms with Gasteiger partial charge in [-0.3, -0.25) is 0 Å². The summed E-state index contributed by atoms with van der Waals surface area (Å²) in [6.45, 7) is 0. The van der Waals surface area contributed by atoms with E-state index in [-0.39, 0.29) is 0 Å². The van der Waals surface area contributed by atoms with Crippen molar-refractivity contribution in [3.63, 3.8) is 0 Å². The first kappa shape index (κ1) is 41.7. The fourth-order valence-electron chi connectivity index (χ4n) is 10.7. The SMILES string of the molecule is c1ccc(-c2ccc(N(c3ccccc3)c3cc(-c4ccc5c(c4)c4ccccc4n5-c4ccccc4)cc(N(c4ccccc4)c4ccc(-c5ccccc5)c5ccccc45)c3)c3ccccc23)cc1. The lowest BCUT2D eigenvalue weighted by Gasteiger charge is -2.32. The Morgan fingerprint density at radius 2 is 0.634 bits per heavy atom. The van der Waals surface area contributed by atoms with Crippen molar-refractivity contribution in [2.75, 3.05) is 9.80 Å². The molecule has 0 saturated heterocycles. The van der Waals surface area contributed by atoms with Crippen LogP contribution in [0.5, 0.6) is 0 Å². The largest absolute Gasteiger partial charge is 0.310 e. The molecule has 71 heavy (non-hydrogen) atoms. The molecule has 12 aromatic carbocycles. The molecule has 0 spiro atoms. The number of aromatic nitrogens is 1. The van der Waals surface area contributed by atoms with E-state index in [0.717, 1.165) is 50.9 Å². The number of rotatable bonds is 10. The van der Waals surface area contributed by atoms with Crippen LogP contribution in [-0.4, -0.2) is 4.57 Å². The van der Waals surface area contributed by atoms with Gasteiger partial charge in [0, 0.05) is 50.0 Å². The highest BCUT2D eigenvalue weighted by atomic mass is 15.2. The zero-order chi connectivity index (χ0) is 47.1. The first-order chi connectivity index (χ1) is 35.2. The van der Waals surface area contributed by atoms with Gasteiger partial charge in [-0.05, 0) is 129 Å². The monoisotopic (exact) mass is 905 g/mol. The Morgan fingerprint density at radius 1 is 0.225 bits per heavy atom. The summed E-state index contributed by atoms with van der Waals surface area (Å²) in [6, 6.07) is 104. The van der Waals surface area contributed by atoms with Gasteiger partial charge in [-0.15, -0.1) is 0 Å². The van der Waals surface area contributed by atoms with E-state index in [1.165, 1.54) is 65.6 Å². The number of hydrogen-bond acceptors (Lipinski definition) is 2. The second-order valence-electron chi connectivity index (χ2n) is 18.1. The molecule has 0 fully saturated rings. The van der Waals surface area contributed by atoms with E-state index in [1.54, 1.807) is 0 Å². The lowest BCUT2D eigenvalue weighted by molar-refractivity contribution is 1.18. The van der Waals surface area contributed by atoms with Gasteiger partial charge in [-0.25, -0.2) is 0 Å². The lowest BCUT2D eigenvalue weighted by Crippen LogP contribution is -2.14. The first-order valence-electron chi connectivity index (χ1n) is 24.3. The maximum Gasteiger partial charge on any atom is 0.0541 e. The van der Waals surface area contributed by atoms with E-state index in [9.17, 15) is 0 Å². The summed E-state index contributed by atoms with van der Waals surface area (Å²) in [7, 11) is 0. The van der Waals surface area contributed by atoms with Crippen LogP contribution in [0.4, 0.5) is 34.1 Å². The van der Waals surface area contributed by atoms with Crippen molar-refractivity contribution in [1.82, 2.24) is 4.57 Å². The van der Waals surface area contributed by atoms with Crippen LogP contribution in [0, 0.1) is 0 Å². The molecular weight excluding hydrogens is 859 g/mol. The third-order valence-electron chi connectivity index (χ3n) is 13.9. The fraction of sp³-hybridized carbons (Fsp3) is 0. The van der Waals surface area contributed by atoms with Gasteiger partial charge in [0.1, 0.15) is 0 Å². The molecule has 0 aliphatic heterocycles. The van der Waals surface area contributed by atoms with Crippen LogP contribution in [0.1, 0.15) is 0 Å². The van der Waals surface area contributed by atoms with Gasteiger partial charge in [0.05, 0.1) is 22.4 Å². The number of hydrogen-bond donors (Lipinski definition) is 0. The molecule has 0 N–H and O–H groups in total. The summed E-state index contributed by atoms with van der Waals surface area (Å²) in [6.07, 6.45) is 0. The molecule has 0 bridgehead atoms. The van der Waals surface area contributed by atoms with Gasteiger partial charge in [-0.2, -0.15) is 0 Å². The van der Waals surface area contributed by atoms with Crippen LogP contribution in [0.15, 0.2) is 285 Å². The molecule has 13 aromatic rings. The molecule has 0 aliphatic carbocycles. The number of benzene rings is 12. The molecule has 3 heteroatoms. The third-order valence-corrected chi connectivity index (χ3v) is 13.9. The van der Waals surface area contributed by atoms with Crippen molar-refractivity contribution in [3.8, 4) is 39.1 Å². The van der Waals surface area contributed by atoms with Crippen LogP contribution in [0.3, 0.4) is 0 Å². The second kappa shape index (κ2) is 17.9. The minimum absolute atomic E-state index is 1.04. The molecule has 0 unspecified atom stereocenters.